The molecule has 1 N–H and O–H groups in total. The molecule has 0 aliphatic carbocycles. The van der Waals surface area contributed by atoms with Gasteiger partial charge in [-0.15, -0.1) is 0 Å². The lowest BCUT2D eigenvalue weighted by Crippen LogP contribution is -2.21. The Morgan fingerprint density at radius 3 is 2.61 bits per heavy atom. The highest BCUT2D eigenvalue weighted by Crippen LogP contribution is 2.40. The number of benzene rings is 2. The number of aryl methyl sites for hydroxylation is 1. The van der Waals surface area contributed by atoms with Crippen LogP contribution in [0.3, 0.4) is 0 Å². The summed E-state index contributed by atoms with van der Waals surface area (Å²) in [6, 6.07) is 7.00. The fourth-order valence-corrected chi connectivity index (χ4v) is 3.17. The first kappa shape index (κ1) is 19.7. The van der Waals surface area contributed by atoms with Crippen LogP contribution in [0.2, 0.25) is 0 Å². The highest BCUT2D eigenvalue weighted by atomic mass is 19.4. The van der Waals surface area contributed by atoms with E-state index in [4.69, 9.17) is 4.74 Å². The topological polar surface area (TPSA) is 53.7 Å². The van der Waals surface area contributed by atoms with Gasteiger partial charge in [-0.1, -0.05) is 30.8 Å². The zero-order chi connectivity index (χ0) is 20.6. The summed E-state index contributed by atoms with van der Waals surface area (Å²) >= 11 is 0. The van der Waals surface area contributed by atoms with Crippen LogP contribution in [0.4, 0.5) is 18.9 Å². The lowest BCUT2D eigenvalue weighted by atomic mass is 10.0. The van der Waals surface area contributed by atoms with Crippen molar-refractivity contribution < 1.29 is 22.7 Å². The van der Waals surface area contributed by atoms with E-state index in [-0.39, 0.29) is 5.70 Å². The van der Waals surface area contributed by atoms with Gasteiger partial charge in [-0.05, 0) is 30.9 Å². The van der Waals surface area contributed by atoms with E-state index in [0.717, 1.165) is 27.6 Å². The van der Waals surface area contributed by atoms with E-state index in [1.54, 1.807) is 6.07 Å². The average molecular weight is 391 g/mol. The summed E-state index contributed by atoms with van der Waals surface area (Å²) in [6.45, 7) is 6.95. The molecule has 1 unspecified atom stereocenters. The van der Waals surface area contributed by atoms with E-state index in [1.807, 2.05) is 31.2 Å². The Morgan fingerprint density at radius 1 is 1.29 bits per heavy atom. The highest BCUT2D eigenvalue weighted by Gasteiger charge is 2.59. The molecule has 0 aromatic heterocycles. The Kier molecular flexibility index (Phi) is 5.06. The smallest absolute Gasteiger partial charge is 0.410 e. The first-order chi connectivity index (χ1) is 13.1. The summed E-state index contributed by atoms with van der Waals surface area (Å²) in [4.78, 5) is 17.3. The number of nitrogens with zero attached hydrogens (tertiary/aromatic N) is 2. The molecule has 1 amide bonds. The molecule has 2 atom stereocenters. The zero-order valence-electron chi connectivity index (χ0n) is 15.7. The summed E-state index contributed by atoms with van der Waals surface area (Å²) in [5.41, 5.74) is 1.28. The summed E-state index contributed by atoms with van der Waals surface area (Å²) < 4.78 is 43.6. The summed E-state index contributed by atoms with van der Waals surface area (Å²) in [5.74, 6) is -0.165. The van der Waals surface area contributed by atoms with E-state index >= 15 is 0 Å². The third-order valence-corrected chi connectivity index (χ3v) is 4.80. The number of amides is 1. The standard InChI is InChI=1S/C20H20F3N3O2/c1-11-6-5-7-15-14(11)8-9-16(28-4)17(15)25-19(27)12(2)24-10-26-13(3)18(26)20(21,22)23/h5-10,13,18H,2H2,1,3-4H3,(H,25,27)/t13?,18-,26?/m1/s1. The van der Waals surface area contributed by atoms with Crippen molar-refractivity contribution >= 4 is 28.7 Å². The van der Waals surface area contributed by atoms with Gasteiger partial charge in [0.15, 0.2) is 0 Å². The van der Waals surface area contributed by atoms with Crippen LogP contribution in [0.1, 0.15) is 12.5 Å². The first-order valence-electron chi connectivity index (χ1n) is 8.60. The number of ether oxygens (including phenoxy) is 1. The first-order valence-corrected chi connectivity index (χ1v) is 8.60. The molecule has 1 aliphatic heterocycles. The molecule has 0 saturated carbocycles. The third kappa shape index (κ3) is 3.67. The number of fused-ring (bicyclic) bond motifs is 1. The Morgan fingerprint density at radius 2 is 2.00 bits per heavy atom. The van der Waals surface area contributed by atoms with Crippen LogP contribution in [0.5, 0.6) is 5.75 Å². The second kappa shape index (κ2) is 7.18. The normalized spacial score (nSPS) is 19.1. The Bertz CT molecular complexity index is 969. The summed E-state index contributed by atoms with van der Waals surface area (Å²) in [7, 11) is 1.48. The fourth-order valence-electron chi connectivity index (χ4n) is 3.17. The van der Waals surface area contributed by atoms with Gasteiger partial charge in [-0.2, -0.15) is 13.2 Å². The maximum Gasteiger partial charge on any atom is 0.410 e. The monoisotopic (exact) mass is 391 g/mol. The number of methoxy groups -OCH3 is 1. The van der Waals surface area contributed by atoms with E-state index in [0.29, 0.717) is 11.4 Å². The minimum Gasteiger partial charge on any atom is -0.495 e. The minimum absolute atomic E-state index is 0.202. The third-order valence-electron chi connectivity index (χ3n) is 4.80. The molecule has 3 rings (SSSR count). The van der Waals surface area contributed by atoms with Crippen molar-refractivity contribution in [3.8, 4) is 5.75 Å². The van der Waals surface area contributed by atoms with Gasteiger partial charge in [-0.25, -0.2) is 4.99 Å². The minimum atomic E-state index is -4.33. The fraction of sp³-hybridized carbons (Fsp3) is 0.300. The molecule has 2 aromatic rings. The maximum absolute atomic E-state index is 12.8. The average Bonchev–Trinajstić information content (AvgIpc) is 3.30. The lowest BCUT2D eigenvalue weighted by Gasteiger charge is -2.14. The van der Waals surface area contributed by atoms with E-state index in [1.165, 1.54) is 14.0 Å². The Hall–Kier alpha value is -3.03. The molecule has 1 saturated heterocycles. The molecule has 1 heterocycles. The number of halogens is 3. The predicted octanol–water partition coefficient (Wildman–Crippen LogP) is 4.27. The number of alkyl halides is 3. The number of aliphatic imine (C=N–C) groups is 1. The lowest BCUT2D eigenvalue weighted by molar-refractivity contribution is -0.134. The molecular weight excluding hydrogens is 371 g/mol. The van der Waals surface area contributed by atoms with Crippen molar-refractivity contribution in [3.63, 3.8) is 0 Å². The van der Waals surface area contributed by atoms with Crippen LogP contribution in [0, 0.1) is 6.92 Å². The van der Waals surface area contributed by atoms with Gasteiger partial charge >= 0.3 is 6.18 Å². The Labute approximate surface area is 160 Å². The zero-order valence-corrected chi connectivity index (χ0v) is 15.7. The molecule has 8 heteroatoms. The van der Waals surface area contributed by atoms with Gasteiger partial charge in [0.2, 0.25) is 0 Å². The van der Waals surface area contributed by atoms with Gasteiger partial charge in [0.25, 0.3) is 5.91 Å². The Balaban J connectivity index is 1.79. The van der Waals surface area contributed by atoms with Crippen molar-refractivity contribution in [1.82, 2.24) is 4.90 Å². The van der Waals surface area contributed by atoms with Crippen molar-refractivity contribution in [2.75, 3.05) is 12.4 Å². The van der Waals surface area contributed by atoms with Crippen LogP contribution in [-0.2, 0) is 4.79 Å². The number of nitrogens with one attached hydrogen (secondary N) is 1. The number of carbonyl (C=O) groups is 1. The van der Waals surface area contributed by atoms with Gasteiger partial charge in [0, 0.05) is 5.39 Å². The molecule has 5 nitrogen and oxygen atoms in total. The second-order valence-electron chi connectivity index (χ2n) is 6.63. The summed E-state index contributed by atoms with van der Waals surface area (Å²) in [6.07, 6.45) is -3.32. The van der Waals surface area contributed by atoms with Crippen molar-refractivity contribution in [1.29, 1.82) is 0 Å². The largest absolute Gasteiger partial charge is 0.495 e. The SMILES string of the molecule is C=C(N=CN1C(C)[C@@H]1C(F)(F)F)C(=O)Nc1c(OC)ccc2c(C)cccc12. The molecule has 0 bridgehead atoms. The number of carbonyl (C=O) groups excluding carboxylic acids is 1. The van der Waals surface area contributed by atoms with E-state index in [9.17, 15) is 18.0 Å². The number of hydrogen-bond donors (Lipinski definition) is 1. The van der Waals surface area contributed by atoms with E-state index in [2.05, 4.69) is 16.9 Å². The molecule has 28 heavy (non-hydrogen) atoms. The van der Waals surface area contributed by atoms with Crippen molar-refractivity contribution in [3.05, 3.63) is 48.2 Å². The van der Waals surface area contributed by atoms with Crippen LogP contribution < -0.4 is 10.1 Å². The number of hydrogen-bond acceptors (Lipinski definition) is 3. The van der Waals surface area contributed by atoms with Crippen LogP contribution in [0.15, 0.2) is 47.6 Å². The van der Waals surface area contributed by atoms with Gasteiger partial charge in [-0.3, -0.25) is 4.79 Å². The van der Waals surface area contributed by atoms with E-state index < -0.39 is 24.2 Å². The van der Waals surface area contributed by atoms with Gasteiger partial charge in [0.05, 0.1) is 25.2 Å². The molecular formula is C20H20F3N3O2. The highest BCUT2D eigenvalue weighted by molar-refractivity contribution is 6.10. The molecule has 1 fully saturated rings. The quantitative estimate of drug-likeness (QED) is 0.358. The van der Waals surface area contributed by atoms with Crippen LogP contribution >= 0.6 is 0 Å². The van der Waals surface area contributed by atoms with Gasteiger partial charge < -0.3 is 15.0 Å². The summed E-state index contributed by atoms with van der Waals surface area (Å²) in [5, 5.41) is 4.43. The molecule has 0 radical (unpaired) electrons. The molecule has 148 valence electrons. The second-order valence-corrected chi connectivity index (χ2v) is 6.63. The van der Waals surface area contributed by atoms with Crippen LogP contribution in [0.25, 0.3) is 10.8 Å². The van der Waals surface area contributed by atoms with Crippen LogP contribution in [-0.4, -0.2) is 42.5 Å². The number of anilines is 1. The maximum atomic E-state index is 12.8. The predicted molar refractivity (Wildman–Crippen MR) is 103 cm³/mol. The van der Waals surface area contributed by atoms with Crippen molar-refractivity contribution in [2.24, 2.45) is 4.99 Å². The number of rotatable bonds is 5. The van der Waals surface area contributed by atoms with Crippen molar-refractivity contribution in [2.45, 2.75) is 32.1 Å². The molecule has 0 spiro atoms. The van der Waals surface area contributed by atoms with Gasteiger partial charge in [0.1, 0.15) is 17.5 Å². The molecule has 1 aliphatic rings. The molecule has 2 aromatic carbocycles.